The van der Waals surface area contributed by atoms with E-state index >= 15 is 0 Å². The van der Waals surface area contributed by atoms with Crippen molar-refractivity contribution >= 4 is 29.8 Å². The van der Waals surface area contributed by atoms with Gasteiger partial charge in [-0.15, -0.1) is 12.4 Å². The van der Waals surface area contributed by atoms with Crippen LogP contribution < -0.4 is 10.2 Å². The molecule has 1 saturated heterocycles. The van der Waals surface area contributed by atoms with Crippen molar-refractivity contribution in [1.29, 1.82) is 0 Å². The van der Waals surface area contributed by atoms with Gasteiger partial charge in [0.2, 0.25) is 5.91 Å². The number of nitrogens with zero attached hydrogens (tertiary/aromatic N) is 2. The maximum atomic E-state index is 13.3. The number of likely N-dealkylation sites (N-methyl/N-ethyl adjacent to an activating group) is 1. The highest BCUT2D eigenvalue weighted by Gasteiger charge is 2.54. The van der Waals surface area contributed by atoms with Crippen LogP contribution in [0.25, 0.3) is 11.1 Å². The zero-order chi connectivity index (χ0) is 25.1. The summed E-state index contributed by atoms with van der Waals surface area (Å²) in [5.41, 5.74) is 3.35. The normalized spacial score (nSPS) is 16.9. The lowest BCUT2D eigenvalue weighted by atomic mass is 9.99. The van der Waals surface area contributed by atoms with Crippen LogP contribution in [0.3, 0.4) is 0 Å². The van der Waals surface area contributed by atoms with Crippen LogP contribution in [0.4, 0.5) is 5.69 Å². The molecule has 1 aliphatic carbocycles. The van der Waals surface area contributed by atoms with E-state index in [4.69, 9.17) is 0 Å². The molecule has 3 aromatic carbocycles. The largest absolute Gasteiger partial charge is 0.338 e. The monoisotopic (exact) mass is 521 g/mol. The Morgan fingerprint density at radius 1 is 0.919 bits per heavy atom. The van der Waals surface area contributed by atoms with Gasteiger partial charge in [0, 0.05) is 38.2 Å². The molecule has 0 aromatic heterocycles. The van der Waals surface area contributed by atoms with Crippen LogP contribution in [-0.4, -0.2) is 65.5 Å². The number of carbonyl (C=O) groups excluding carboxylic acids is 2. The summed E-state index contributed by atoms with van der Waals surface area (Å²) in [6, 6.07) is 22.7. The lowest BCUT2D eigenvalue weighted by molar-refractivity contribution is -0.137. The molecular weight excluding hydrogens is 490 g/mol. The van der Waals surface area contributed by atoms with Crippen LogP contribution in [0, 0.1) is 0 Å². The van der Waals surface area contributed by atoms with E-state index in [1.807, 2.05) is 42.5 Å². The molecule has 0 spiro atoms. The van der Waals surface area contributed by atoms with Gasteiger partial charge in [0.1, 0.15) is 5.54 Å². The summed E-state index contributed by atoms with van der Waals surface area (Å²) < 4.78 is 0. The number of benzene rings is 3. The highest BCUT2D eigenvalue weighted by molar-refractivity contribution is 6.03. The van der Waals surface area contributed by atoms with Gasteiger partial charge >= 0.3 is 0 Å². The van der Waals surface area contributed by atoms with E-state index < -0.39 is 5.54 Å². The minimum atomic E-state index is -0.519. The molecule has 2 aliphatic rings. The van der Waals surface area contributed by atoms with Crippen LogP contribution in [0.5, 0.6) is 5.75 Å². The molecule has 7 nitrogen and oxygen atoms in total. The third-order valence-electron chi connectivity index (χ3n) is 7.33. The molecule has 1 aliphatic heterocycles. The highest BCUT2D eigenvalue weighted by Crippen LogP contribution is 2.43. The molecule has 8 heteroatoms. The smallest absolute Gasteiger partial charge is 0.245 e. The standard InChI is InChI=1S/C29H31N3O4.ClH/c1-31-15-17-32(18-16-31)29(13-14-29)28(34)30-25-20-24(11-12-27(25)36-35)26(33)19-21-7-9-23(10-8-21)22-5-3-2-4-6-22;/h2-12,20,35H,13-19H2,1H3,(H,30,34);1H. The number of piperazine rings is 1. The van der Waals surface area contributed by atoms with Crippen LogP contribution in [-0.2, 0) is 11.2 Å². The number of nitrogens with one attached hydrogen (secondary N) is 1. The van der Waals surface area contributed by atoms with Crippen molar-refractivity contribution in [3.05, 3.63) is 83.9 Å². The average Bonchev–Trinajstić information content (AvgIpc) is 3.72. The molecule has 0 radical (unpaired) electrons. The third kappa shape index (κ3) is 5.86. The average molecular weight is 522 g/mol. The zero-order valence-corrected chi connectivity index (χ0v) is 21.7. The van der Waals surface area contributed by atoms with Gasteiger partial charge in [-0.2, -0.15) is 0 Å². The summed E-state index contributed by atoms with van der Waals surface area (Å²) in [6.45, 7) is 3.54. The number of hydrogen-bond donors (Lipinski definition) is 2. The Bertz CT molecular complexity index is 1240. The van der Waals surface area contributed by atoms with Crippen molar-refractivity contribution in [1.82, 2.24) is 9.80 Å². The van der Waals surface area contributed by atoms with E-state index in [1.54, 1.807) is 12.1 Å². The van der Waals surface area contributed by atoms with Gasteiger partial charge in [0.05, 0.1) is 5.69 Å². The first-order chi connectivity index (χ1) is 17.5. The first-order valence-corrected chi connectivity index (χ1v) is 12.4. The number of hydrogen-bond acceptors (Lipinski definition) is 6. The summed E-state index contributed by atoms with van der Waals surface area (Å²) in [5, 5.41) is 12.3. The Balaban J connectivity index is 0.00000320. The highest BCUT2D eigenvalue weighted by atomic mass is 35.5. The topological polar surface area (TPSA) is 82.1 Å². The second-order valence-corrected chi connectivity index (χ2v) is 9.74. The Labute approximate surface area is 223 Å². The maximum Gasteiger partial charge on any atom is 0.245 e. The lowest BCUT2D eigenvalue weighted by Gasteiger charge is -2.37. The second kappa shape index (κ2) is 11.4. The van der Waals surface area contributed by atoms with Crippen molar-refractivity contribution in [3.63, 3.8) is 0 Å². The van der Waals surface area contributed by atoms with E-state index in [0.29, 0.717) is 11.3 Å². The Morgan fingerprint density at radius 2 is 1.57 bits per heavy atom. The van der Waals surface area contributed by atoms with Crippen LogP contribution in [0.1, 0.15) is 28.8 Å². The van der Waals surface area contributed by atoms with Crippen molar-refractivity contribution < 1.29 is 19.7 Å². The molecule has 194 valence electrons. The van der Waals surface area contributed by atoms with Crippen molar-refractivity contribution in [3.8, 4) is 16.9 Å². The van der Waals surface area contributed by atoms with Crippen LogP contribution >= 0.6 is 12.4 Å². The maximum absolute atomic E-state index is 13.3. The molecule has 0 atom stereocenters. The molecule has 2 fully saturated rings. The number of ketones is 1. The molecule has 5 rings (SSSR count). The molecular formula is C29H32ClN3O4. The summed E-state index contributed by atoms with van der Waals surface area (Å²) in [7, 11) is 2.09. The van der Waals surface area contributed by atoms with Crippen LogP contribution in [0.15, 0.2) is 72.8 Å². The lowest BCUT2D eigenvalue weighted by Crippen LogP contribution is -2.54. The second-order valence-electron chi connectivity index (χ2n) is 9.74. The van der Waals surface area contributed by atoms with E-state index in [9.17, 15) is 14.8 Å². The van der Waals surface area contributed by atoms with E-state index in [1.165, 1.54) is 6.07 Å². The van der Waals surface area contributed by atoms with Crippen molar-refractivity contribution in [2.24, 2.45) is 0 Å². The molecule has 3 aromatic rings. The summed E-state index contributed by atoms with van der Waals surface area (Å²) >= 11 is 0. The zero-order valence-electron chi connectivity index (χ0n) is 20.9. The SMILES string of the molecule is CN1CCN(C2(C(=O)Nc3cc(C(=O)Cc4ccc(-c5ccccc5)cc4)ccc3OO)CC2)CC1.Cl. The third-order valence-corrected chi connectivity index (χ3v) is 7.33. The summed E-state index contributed by atoms with van der Waals surface area (Å²) in [4.78, 5) is 35.3. The predicted molar refractivity (Wildman–Crippen MR) is 147 cm³/mol. The molecule has 1 saturated carbocycles. The van der Waals surface area contributed by atoms with E-state index in [2.05, 4.69) is 39.2 Å². The number of halogens is 1. The number of carbonyl (C=O) groups is 2. The number of amides is 1. The molecule has 2 N–H and O–H groups in total. The van der Waals surface area contributed by atoms with E-state index in [-0.39, 0.29) is 36.3 Å². The van der Waals surface area contributed by atoms with Crippen molar-refractivity contribution in [2.45, 2.75) is 24.8 Å². The molecule has 0 unspecified atom stereocenters. The number of rotatable bonds is 8. The molecule has 37 heavy (non-hydrogen) atoms. The number of anilines is 1. The summed E-state index contributed by atoms with van der Waals surface area (Å²) in [6.07, 6.45) is 1.83. The number of Topliss-reactive ketones (excluding diaryl/α,β-unsaturated/α-hetero) is 1. The van der Waals surface area contributed by atoms with Gasteiger partial charge in [0.15, 0.2) is 11.5 Å². The Hall–Kier alpha value is -3.23. The Kier molecular flexibility index (Phi) is 8.29. The molecule has 1 heterocycles. The van der Waals surface area contributed by atoms with Gasteiger partial charge in [-0.1, -0.05) is 54.6 Å². The van der Waals surface area contributed by atoms with Gasteiger partial charge in [0.25, 0.3) is 0 Å². The van der Waals surface area contributed by atoms with Crippen molar-refractivity contribution in [2.75, 3.05) is 38.5 Å². The quantitative estimate of drug-likeness (QED) is 0.252. The summed E-state index contributed by atoms with van der Waals surface area (Å²) in [5.74, 6) is -0.0876. The minimum Gasteiger partial charge on any atom is -0.338 e. The first-order valence-electron chi connectivity index (χ1n) is 12.4. The first kappa shape index (κ1) is 26.8. The van der Waals surface area contributed by atoms with E-state index in [0.717, 1.165) is 55.7 Å². The fourth-order valence-electron chi connectivity index (χ4n) is 4.89. The van der Waals surface area contributed by atoms with Gasteiger partial charge in [-0.25, -0.2) is 5.26 Å². The molecule has 0 bridgehead atoms. The van der Waals surface area contributed by atoms with Gasteiger partial charge < -0.3 is 15.1 Å². The molecule has 1 amide bonds. The van der Waals surface area contributed by atoms with Gasteiger partial charge in [-0.05, 0) is 54.8 Å². The van der Waals surface area contributed by atoms with Gasteiger partial charge in [-0.3, -0.25) is 14.5 Å². The fraction of sp³-hybridized carbons (Fsp3) is 0.310. The Morgan fingerprint density at radius 3 is 2.19 bits per heavy atom. The fourth-order valence-corrected chi connectivity index (χ4v) is 4.89. The minimum absolute atomic E-state index is 0. The predicted octanol–water partition coefficient (Wildman–Crippen LogP) is 4.77. The van der Waals surface area contributed by atoms with Crippen LogP contribution in [0.2, 0.25) is 0 Å².